The molecule has 0 unspecified atom stereocenters. The minimum absolute atomic E-state index is 0.283. The first-order chi connectivity index (χ1) is 9.15. The molecule has 0 aliphatic carbocycles. The molecule has 0 amide bonds. The van der Waals surface area contributed by atoms with Gasteiger partial charge in [-0.3, -0.25) is 0 Å². The fourth-order valence-electron chi connectivity index (χ4n) is 1.83. The van der Waals surface area contributed by atoms with E-state index in [9.17, 15) is 4.39 Å². The Morgan fingerprint density at radius 3 is 2.68 bits per heavy atom. The first-order valence-corrected chi connectivity index (χ1v) is 6.27. The molecule has 0 atom stereocenters. The van der Waals surface area contributed by atoms with E-state index < -0.39 is 0 Å². The number of hydrogen-bond acceptors (Lipinski definition) is 2. The molecular formula is C15H12ClFN2. The maximum atomic E-state index is 14.0. The summed E-state index contributed by atoms with van der Waals surface area (Å²) in [6.07, 6.45) is 0. The van der Waals surface area contributed by atoms with Crippen LogP contribution in [0.1, 0.15) is 11.1 Å². The summed E-state index contributed by atoms with van der Waals surface area (Å²) >= 11 is 5.67. The second-order valence-electron chi connectivity index (χ2n) is 4.14. The van der Waals surface area contributed by atoms with Crippen molar-refractivity contribution in [1.82, 2.24) is 0 Å². The van der Waals surface area contributed by atoms with Crippen molar-refractivity contribution in [2.24, 2.45) is 0 Å². The minimum Gasteiger partial charge on any atom is -0.342 e. The summed E-state index contributed by atoms with van der Waals surface area (Å²) in [6, 6.07) is 14.0. The van der Waals surface area contributed by atoms with Gasteiger partial charge in [0, 0.05) is 18.6 Å². The van der Waals surface area contributed by atoms with E-state index in [0.29, 0.717) is 11.3 Å². The predicted octanol–water partition coefficient (Wildman–Crippen LogP) is 4.20. The van der Waals surface area contributed by atoms with Crippen LogP contribution in [-0.4, -0.2) is 7.05 Å². The molecule has 2 aromatic rings. The van der Waals surface area contributed by atoms with Crippen molar-refractivity contribution >= 4 is 23.0 Å². The molecule has 2 rings (SSSR count). The molecule has 96 valence electrons. The number of nitrogens with zero attached hydrogens (tertiary/aromatic N) is 2. The summed E-state index contributed by atoms with van der Waals surface area (Å²) in [5, 5.41) is 8.88. The van der Waals surface area contributed by atoms with Gasteiger partial charge in [-0.2, -0.15) is 5.26 Å². The average molecular weight is 275 g/mol. The molecule has 0 heterocycles. The monoisotopic (exact) mass is 274 g/mol. The van der Waals surface area contributed by atoms with Crippen LogP contribution < -0.4 is 4.90 Å². The van der Waals surface area contributed by atoms with Gasteiger partial charge in [0.15, 0.2) is 0 Å². The van der Waals surface area contributed by atoms with Crippen LogP contribution in [0.25, 0.3) is 0 Å². The Balaban J connectivity index is 2.38. The van der Waals surface area contributed by atoms with E-state index in [0.717, 1.165) is 11.3 Å². The number of rotatable bonds is 3. The molecule has 2 aromatic carbocycles. The molecule has 0 saturated heterocycles. The van der Waals surface area contributed by atoms with E-state index >= 15 is 0 Å². The van der Waals surface area contributed by atoms with E-state index in [1.807, 2.05) is 6.07 Å². The summed E-state index contributed by atoms with van der Waals surface area (Å²) in [7, 11) is 1.76. The third kappa shape index (κ3) is 2.86. The number of hydrogen-bond donors (Lipinski definition) is 0. The number of nitriles is 1. The number of halogens is 2. The second kappa shape index (κ2) is 5.73. The molecule has 2 nitrogen and oxygen atoms in total. The van der Waals surface area contributed by atoms with Crippen LogP contribution in [0.2, 0.25) is 0 Å². The molecule has 0 aliphatic rings. The summed E-state index contributed by atoms with van der Waals surface area (Å²) in [4.78, 5) is 1.70. The summed E-state index contributed by atoms with van der Waals surface area (Å²) in [5.41, 5.74) is 2.49. The van der Waals surface area contributed by atoms with Gasteiger partial charge in [0.2, 0.25) is 0 Å². The van der Waals surface area contributed by atoms with Crippen LogP contribution in [-0.2, 0) is 5.88 Å². The predicted molar refractivity (Wildman–Crippen MR) is 75.2 cm³/mol. The Hall–Kier alpha value is -2.05. The maximum Gasteiger partial charge on any atom is 0.147 e. The summed E-state index contributed by atoms with van der Waals surface area (Å²) in [5.74, 6) is -0.0480. The van der Waals surface area contributed by atoms with E-state index in [4.69, 9.17) is 16.9 Å². The highest BCUT2D eigenvalue weighted by molar-refractivity contribution is 6.17. The molecular weight excluding hydrogens is 263 g/mol. The molecule has 0 radical (unpaired) electrons. The zero-order chi connectivity index (χ0) is 13.8. The van der Waals surface area contributed by atoms with E-state index in [-0.39, 0.29) is 11.7 Å². The van der Waals surface area contributed by atoms with Crippen LogP contribution in [0.3, 0.4) is 0 Å². The van der Waals surface area contributed by atoms with Gasteiger partial charge in [-0.05, 0) is 35.9 Å². The lowest BCUT2D eigenvalue weighted by Gasteiger charge is -2.20. The molecule has 0 bridgehead atoms. The Kier molecular flexibility index (Phi) is 4.03. The quantitative estimate of drug-likeness (QED) is 0.784. The zero-order valence-electron chi connectivity index (χ0n) is 10.4. The third-order valence-electron chi connectivity index (χ3n) is 2.89. The molecule has 0 aliphatic heterocycles. The van der Waals surface area contributed by atoms with E-state index in [1.165, 1.54) is 6.07 Å². The molecule has 4 heteroatoms. The molecule has 0 saturated carbocycles. The lowest BCUT2D eigenvalue weighted by molar-refractivity contribution is 0.626. The first-order valence-electron chi connectivity index (χ1n) is 5.74. The van der Waals surface area contributed by atoms with Gasteiger partial charge in [0.1, 0.15) is 5.82 Å². The van der Waals surface area contributed by atoms with Crippen molar-refractivity contribution in [3.8, 4) is 6.07 Å². The third-order valence-corrected chi connectivity index (χ3v) is 3.20. The van der Waals surface area contributed by atoms with Crippen LogP contribution >= 0.6 is 11.6 Å². The lowest BCUT2D eigenvalue weighted by atomic mass is 10.1. The first kappa shape index (κ1) is 13.4. The number of alkyl halides is 1. The van der Waals surface area contributed by atoms with Crippen molar-refractivity contribution in [3.05, 3.63) is 59.4 Å². The smallest absolute Gasteiger partial charge is 0.147 e. The molecule has 0 aromatic heterocycles. The number of anilines is 2. The van der Waals surface area contributed by atoms with Crippen molar-refractivity contribution < 1.29 is 4.39 Å². The molecule has 0 N–H and O–H groups in total. The van der Waals surface area contributed by atoms with Gasteiger partial charge in [-0.25, -0.2) is 4.39 Å². The molecule has 0 fully saturated rings. The van der Waals surface area contributed by atoms with Crippen LogP contribution in [0.15, 0.2) is 42.5 Å². The Labute approximate surface area is 116 Å². The maximum absolute atomic E-state index is 14.0. The van der Waals surface area contributed by atoms with Crippen LogP contribution in [0, 0.1) is 17.1 Å². The fourth-order valence-corrected chi connectivity index (χ4v) is 1.99. The van der Waals surface area contributed by atoms with Crippen molar-refractivity contribution in [2.45, 2.75) is 5.88 Å². The van der Waals surface area contributed by atoms with Crippen molar-refractivity contribution in [1.29, 1.82) is 5.26 Å². The van der Waals surface area contributed by atoms with E-state index in [1.54, 1.807) is 42.3 Å². The van der Waals surface area contributed by atoms with Gasteiger partial charge >= 0.3 is 0 Å². The fraction of sp³-hybridized carbons (Fsp3) is 0.133. The van der Waals surface area contributed by atoms with Gasteiger partial charge in [-0.1, -0.05) is 12.1 Å². The van der Waals surface area contributed by atoms with Crippen LogP contribution in [0.4, 0.5) is 15.8 Å². The largest absolute Gasteiger partial charge is 0.342 e. The van der Waals surface area contributed by atoms with Crippen LogP contribution in [0.5, 0.6) is 0 Å². The van der Waals surface area contributed by atoms with Crippen molar-refractivity contribution in [2.75, 3.05) is 11.9 Å². The van der Waals surface area contributed by atoms with Gasteiger partial charge < -0.3 is 4.90 Å². The van der Waals surface area contributed by atoms with E-state index in [2.05, 4.69) is 6.07 Å². The SMILES string of the molecule is CN(c1cccc(C#N)c1)c1ccc(CCl)cc1F. The highest BCUT2D eigenvalue weighted by Gasteiger charge is 2.10. The standard InChI is InChI=1S/C15H12ClFN2/c1-19(13-4-2-3-12(7-13)10-18)15-6-5-11(9-16)8-14(15)17/h2-8H,9H2,1H3. The summed E-state index contributed by atoms with van der Waals surface area (Å²) < 4.78 is 14.0. The summed E-state index contributed by atoms with van der Waals surface area (Å²) in [6.45, 7) is 0. The Morgan fingerprint density at radius 1 is 1.26 bits per heavy atom. The second-order valence-corrected chi connectivity index (χ2v) is 4.41. The Morgan fingerprint density at radius 2 is 2.05 bits per heavy atom. The lowest BCUT2D eigenvalue weighted by Crippen LogP contribution is -2.11. The number of benzene rings is 2. The van der Waals surface area contributed by atoms with Gasteiger partial charge in [-0.15, -0.1) is 11.6 Å². The average Bonchev–Trinajstić information content (AvgIpc) is 2.46. The van der Waals surface area contributed by atoms with Gasteiger partial charge in [0.05, 0.1) is 17.3 Å². The van der Waals surface area contributed by atoms with Crippen molar-refractivity contribution in [3.63, 3.8) is 0 Å². The van der Waals surface area contributed by atoms with Gasteiger partial charge in [0.25, 0.3) is 0 Å². The Bertz CT molecular complexity index is 634. The molecule has 19 heavy (non-hydrogen) atoms. The molecule has 0 spiro atoms. The highest BCUT2D eigenvalue weighted by atomic mass is 35.5. The topological polar surface area (TPSA) is 27.0 Å². The highest BCUT2D eigenvalue weighted by Crippen LogP contribution is 2.27. The minimum atomic E-state index is -0.331. The zero-order valence-corrected chi connectivity index (χ0v) is 11.2. The normalized spacial score (nSPS) is 10.0.